The lowest BCUT2D eigenvalue weighted by atomic mass is 9.57. The van der Waals surface area contributed by atoms with Crippen molar-refractivity contribution in [2.75, 3.05) is 39.3 Å². The SMILES string of the molecule is CC[C@@H]1CN(CC2CC3(CCN(C(C)C)CC3)C2)CCO1. The Morgan fingerprint density at radius 1 is 1.14 bits per heavy atom. The highest BCUT2D eigenvalue weighted by Gasteiger charge is 2.46. The zero-order chi connectivity index (χ0) is 14.9. The Balaban J connectivity index is 1.40. The van der Waals surface area contributed by atoms with Gasteiger partial charge in [-0.2, -0.15) is 0 Å². The highest BCUT2D eigenvalue weighted by atomic mass is 16.5. The van der Waals surface area contributed by atoms with E-state index in [-0.39, 0.29) is 0 Å². The Labute approximate surface area is 131 Å². The van der Waals surface area contributed by atoms with E-state index in [4.69, 9.17) is 4.74 Å². The minimum Gasteiger partial charge on any atom is -0.376 e. The molecule has 2 aliphatic heterocycles. The van der Waals surface area contributed by atoms with Crippen LogP contribution in [0, 0.1) is 11.3 Å². The van der Waals surface area contributed by atoms with Crippen LogP contribution in [0.3, 0.4) is 0 Å². The fraction of sp³-hybridized carbons (Fsp3) is 1.00. The second-order valence-corrected chi connectivity index (χ2v) is 8.06. The van der Waals surface area contributed by atoms with Crippen molar-refractivity contribution in [2.24, 2.45) is 11.3 Å². The average molecular weight is 294 g/mol. The van der Waals surface area contributed by atoms with Gasteiger partial charge >= 0.3 is 0 Å². The quantitative estimate of drug-likeness (QED) is 0.793. The number of piperidine rings is 1. The van der Waals surface area contributed by atoms with Crippen molar-refractivity contribution >= 4 is 0 Å². The topological polar surface area (TPSA) is 15.7 Å². The normalized spacial score (nSPS) is 31.7. The van der Waals surface area contributed by atoms with Gasteiger partial charge in [-0.05, 0) is 70.4 Å². The summed E-state index contributed by atoms with van der Waals surface area (Å²) in [6.07, 6.45) is 7.53. The minimum absolute atomic E-state index is 0.488. The van der Waals surface area contributed by atoms with E-state index in [1.54, 1.807) is 0 Å². The van der Waals surface area contributed by atoms with Crippen LogP contribution in [-0.4, -0.2) is 61.3 Å². The van der Waals surface area contributed by atoms with E-state index in [1.807, 2.05) is 0 Å². The van der Waals surface area contributed by atoms with E-state index in [9.17, 15) is 0 Å². The van der Waals surface area contributed by atoms with Crippen LogP contribution in [0.1, 0.15) is 52.9 Å². The number of nitrogens with zero attached hydrogens (tertiary/aromatic N) is 2. The van der Waals surface area contributed by atoms with E-state index in [0.29, 0.717) is 6.10 Å². The van der Waals surface area contributed by atoms with Crippen molar-refractivity contribution in [3.63, 3.8) is 0 Å². The van der Waals surface area contributed by atoms with Crippen LogP contribution in [-0.2, 0) is 4.74 Å². The summed E-state index contributed by atoms with van der Waals surface area (Å²) in [5.41, 5.74) is 0.729. The lowest BCUT2D eigenvalue weighted by Crippen LogP contribution is -2.52. The molecule has 3 aliphatic rings. The third kappa shape index (κ3) is 3.62. The zero-order valence-electron chi connectivity index (χ0n) is 14.3. The third-order valence-corrected chi connectivity index (χ3v) is 6.23. The van der Waals surface area contributed by atoms with E-state index >= 15 is 0 Å². The number of rotatable bonds is 4. The number of morpholine rings is 1. The molecule has 3 rings (SSSR count). The van der Waals surface area contributed by atoms with Crippen molar-refractivity contribution in [3.8, 4) is 0 Å². The molecule has 2 heterocycles. The molecular formula is C18H34N2O. The van der Waals surface area contributed by atoms with E-state index in [2.05, 4.69) is 30.6 Å². The average Bonchev–Trinajstić information content (AvgIpc) is 2.46. The molecule has 21 heavy (non-hydrogen) atoms. The van der Waals surface area contributed by atoms with Crippen molar-refractivity contribution < 1.29 is 4.74 Å². The lowest BCUT2D eigenvalue weighted by Gasteiger charge is -2.54. The Hall–Kier alpha value is -0.120. The summed E-state index contributed by atoms with van der Waals surface area (Å²) in [4.78, 5) is 5.32. The van der Waals surface area contributed by atoms with Crippen LogP contribution in [0.2, 0.25) is 0 Å². The summed E-state index contributed by atoms with van der Waals surface area (Å²) in [6, 6.07) is 0.734. The third-order valence-electron chi connectivity index (χ3n) is 6.23. The molecule has 122 valence electrons. The van der Waals surface area contributed by atoms with Gasteiger partial charge in [-0.1, -0.05) is 6.92 Å². The molecule has 3 nitrogen and oxygen atoms in total. The Morgan fingerprint density at radius 3 is 2.48 bits per heavy atom. The van der Waals surface area contributed by atoms with Gasteiger partial charge in [0.25, 0.3) is 0 Å². The highest BCUT2D eigenvalue weighted by Crippen LogP contribution is 2.52. The van der Waals surface area contributed by atoms with Crippen LogP contribution in [0.15, 0.2) is 0 Å². The van der Waals surface area contributed by atoms with Gasteiger partial charge in [-0.3, -0.25) is 4.90 Å². The number of hydrogen-bond acceptors (Lipinski definition) is 3. The molecule has 3 heteroatoms. The fourth-order valence-corrected chi connectivity index (χ4v) is 4.78. The standard InChI is InChI=1S/C18H34N2O/c1-4-17-14-19(9-10-21-17)13-16-11-18(12-16)5-7-20(8-6-18)15(2)3/h15-17H,4-14H2,1-3H3/t17-/m1/s1. The lowest BCUT2D eigenvalue weighted by molar-refractivity contribution is -0.0650. The first-order chi connectivity index (χ1) is 10.1. The molecule has 3 fully saturated rings. The van der Waals surface area contributed by atoms with Crippen molar-refractivity contribution in [1.29, 1.82) is 0 Å². The molecule has 1 aliphatic carbocycles. The van der Waals surface area contributed by atoms with Gasteiger partial charge in [-0.15, -0.1) is 0 Å². The Morgan fingerprint density at radius 2 is 1.86 bits per heavy atom. The Kier molecular flexibility index (Phi) is 4.92. The first kappa shape index (κ1) is 15.8. The predicted molar refractivity (Wildman–Crippen MR) is 87.6 cm³/mol. The molecule has 1 saturated carbocycles. The van der Waals surface area contributed by atoms with Crippen LogP contribution < -0.4 is 0 Å². The summed E-state index contributed by atoms with van der Waals surface area (Å²) >= 11 is 0. The molecule has 0 radical (unpaired) electrons. The summed E-state index contributed by atoms with van der Waals surface area (Å²) in [5, 5.41) is 0. The second kappa shape index (κ2) is 6.55. The van der Waals surface area contributed by atoms with Crippen LogP contribution in [0.25, 0.3) is 0 Å². The zero-order valence-corrected chi connectivity index (χ0v) is 14.3. The van der Waals surface area contributed by atoms with Crippen LogP contribution >= 0.6 is 0 Å². The second-order valence-electron chi connectivity index (χ2n) is 8.06. The van der Waals surface area contributed by atoms with E-state index < -0.39 is 0 Å². The molecule has 0 bridgehead atoms. The summed E-state index contributed by atoms with van der Waals surface area (Å²) in [7, 11) is 0. The molecule has 2 saturated heterocycles. The predicted octanol–water partition coefficient (Wildman–Crippen LogP) is 3.00. The number of ether oxygens (including phenoxy) is 1. The summed E-state index contributed by atoms with van der Waals surface area (Å²) in [6.45, 7) is 14.2. The maximum Gasteiger partial charge on any atom is 0.0700 e. The Bertz CT molecular complexity index is 328. The van der Waals surface area contributed by atoms with Gasteiger partial charge in [0.1, 0.15) is 0 Å². The maximum absolute atomic E-state index is 5.79. The monoisotopic (exact) mass is 294 g/mol. The number of likely N-dealkylation sites (tertiary alicyclic amines) is 1. The van der Waals surface area contributed by atoms with Gasteiger partial charge in [0, 0.05) is 25.7 Å². The molecule has 0 aromatic carbocycles. The van der Waals surface area contributed by atoms with Gasteiger partial charge < -0.3 is 9.64 Å². The van der Waals surface area contributed by atoms with E-state index in [1.165, 1.54) is 51.9 Å². The van der Waals surface area contributed by atoms with Gasteiger partial charge in [0.2, 0.25) is 0 Å². The first-order valence-electron chi connectivity index (χ1n) is 9.18. The fourth-order valence-electron chi connectivity index (χ4n) is 4.78. The first-order valence-corrected chi connectivity index (χ1v) is 9.18. The van der Waals surface area contributed by atoms with Crippen molar-refractivity contribution in [3.05, 3.63) is 0 Å². The molecule has 0 aromatic heterocycles. The van der Waals surface area contributed by atoms with Crippen LogP contribution in [0.5, 0.6) is 0 Å². The largest absolute Gasteiger partial charge is 0.376 e. The number of hydrogen-bond donors (Lipinski definition) is 0. The minimum atomic E-state index is 0.488. The molecule has 0 unspecified atom stereocenters. The summed E-state index contributed by atoms with van der Waals surface area (Å²) in [5.74, 6) is 0.964. The molecular weight excluding hydrogens is 260 g/mol. The summed E-state index contributed by atoms with van der Waals surface area (Å²) < 4.78 is 5.79. The highest BCUT2D eigenvalue weighted by molar-refractivity contribution is 4.98. The maximum atomic E-state index is 5.79. The molecule has 1 atom stereocenters. The molecule has 0 N–H and O–H groups in total. The van der Waals surface area contributed by atoms with Gasteiger partial charge in [0.15, 0.2) is 0 Å². The van der Waals surface area contributed by atoms with Crippen LogP contribution in [0.4, 0.5) is 0 Å². The van der Waals surface area contributed by atoms with Gasteiger partial charge in [0.05, 0.1) is 12.7 Å². The molecule has 1 spiro atoms. The van der Waals surface area contributed by atoms with Crippen molar-refractivity contribution in [2.45, 2.75) is 65.0 Å². The van der Waals surface area contributed by atoms with Crippen molar-refractivity contribution in [1.82, 2.24) is 9.80 Å². The molecule has 0 amide bonds. The van der Waals surface area contributed by atoms with E-state index in [0.717, 1.165) is 36.9 Å². The molecule has 0 aromatic rings. The smallest absolute Gasteiger partial charge is 0.0700 e. The van der Waals surface area contributed by atoms with Gasteiger partial charge in [-0.25, -0.2) is 0 Å².